The van der Waals surface area contributed by atoms with Crippen molar-refractivity contribution in [2.75, 3.05) is 0 Å². The fraction of sp³-hybridized carbons (Fsp3) is 0.0667. The number of rotatable bonds is 4. The van der Waals surface area contributed by atoms with E-state index in [9.17, 15) is 9.18 Å². The molecule has 6 heteroatoms. The van der Waals surface area contributed by atoms with Gasteiger partial charge < -0.3 is 5.11 Å². The molecule has 0 amide bonds. The van der Waals surface area contributed by atoms with E-state index in [1.807, 2.05) is 17.5 Å². The lowest BCUT2D eigenvalue weighted by atomic mass is 10.1. The fourth-order valence-corrected chi connectivity index (χ4v) is 2.95. The quantitative estimate of drug-likeness (QED) is 0.804. The molecule has 0 fully saturated rings. The van der Waals surface area contributed by atoms with E-state index >= 15 is 0 Å². The summed E-state index contributed by atoms with van der Waals surface area (Å²) in [7, 11) is 0. The van der Waals surface area contributed by atoms with Crippen molar-refractivity contribution < 1.29 is 14.3 Å². The third-order valence-corrected chi connectivity index (χ3v) is 3.90. The van der Waals surface area contributed by atoms with Crippen molar-refractivity contribution in [1.82, 2.24) is 9.78 Å². The van der Waals surface area contributed by atoms with Crippen LogP contribution in [0.15, 0.2) is 48.0 Å². The molecule has 21 heavy (non-hydrogen) atoms. The number of carboxylic acid groups (broad SMARTS) is 1. The number of halogens is 1. The Kier molecular flexibility index (Phi) is 3.53. The van der Waals surface area contributed by atoms with Gasteiger partial charge in [-0.05, 0) is 23.6 Å². The van der Waals surface area contributed by atoms with Crippen molar-refractivity contribution in [2.24, 2.45) is 0 Å². The van der Waals surface area contributed by atoms with E-state index in [4.69, 9.17) is 5.11 Å². The maximum atomic E-state index is 14.0. The number of hydrogen-bond acceptors (Lipinski definition) is 3. The molecule has 0 unspecified atom stereocenters. The van der Waals surface area contributed by atoms with Gasteiger partial charge in [0.25, 0.3) is 0 Å². The Bertz CT molecular complexity index is 781. The van der Waals surface area contributed by atoms with Gasteiger partial charge in [0, 0.05) is 5.56 Å². The van der Waals surface area contributed by atoms with E-state index in [-0.39, 0.29) is 6.42 Å². The summed E-state index contributed by atoms with van der Waals surface area (Å²) in [6.45, 7) is 0. The summed E-state index contributed by atoms with van der Waals surface area (Å²) in [5.41, 5.74) is 1.49. The predicted octanol–water partition coefficient (Wildman–Crippen LogP) is 3.37. The van der Waals surface area contributed by atoms with Crippen LogP contribution in [-0.4, -0.2) is 20.9 Å². The zero-order chi connectivity index (χ0) is 14.8. The third-order valence-electron chi connectivity index (χ3n) is 3.02. The molecule has 1 N–H and O–H groups in total. The number of para-hydroxylation sites is 1. The second kappa shape index (κ2) is 5.49. The van der Waals surface area contributed by atoms with Gasteiger partial charge >= 0.3 is 5.97 Å². The summed E-state index contributed by atoms with van der Waals surface area (Å²) < 4.78 is 15.5. The highest BCUT2D eigenvalue weighted by atomic mass is 32.1. The Morgan fingerprint density at radius 1 is 1.29 bits per heavy atom. The standard InChI is InChI=1S/C15H11FN2O2S/c16-11-4-1-2-5-12(11)18-15(13-6-3-7-21-13)10(9-17-18)8-14(19)20/h1-7,9H,8H2,(H,19,20). The largest absolute Gasteiger partial charge is 0.481 e. The minimum absolute atomic E-state index is 0.151. The van der Waals surface area contributed by atoms with Crippen LogP contribution in [0.3, 0.4) is 0 Å². The van der Waals surface area contributed by atoms with E-state index in [1.165, 1.54) is 28.3 Å². The predicted molar refractivity (Wildman–Crippen MR) is 78.2 cm³/mol. The number of aromatic nitrogens is 2. The third kappa shape index (κ3) is 2.57. The highest BCUT2D eigenvalue weighted by Crippen LogP contribution is 2.31. The van der Waals surface area contributed by atoms with Gasteiger partial charge in [-0.2, -0.15) is 5.10 Å². The molecule has 0 saturated heterocycles. The average molecular weight is 302 g/mol. The zero-order valence-electron chi connectivity index (χ0n) is 10.9. The summed E-state index contributed by atoms with van der Waals surface area (Å²) in [6.07, 6.45) is 1.33. The normalized spacial score (nSPS) is 10.7. The minimum atomic E-state index is -0.944. The second-order valence-corrected chi connectivity index (χ2v) is 5.38. The van der Waals surface area contributed by atoms with Crippen LogP contribution in [0.25, 0.3) is 16.3 Å². The summed E-state index contributed by atoms with van der Waals surface area (Å²) in [4.78, 5) is 11.8. The lowest BCUT2D eigenvalue weighted by Crippen LogP contribution is -2.04. The minimum Gasteiger partial charge on any atom is -0.481 e. The van der Waals surface area contributed by atoms with E-state index in [1.54, 1.807) is 18.2 Å². The maximum absolute atomic E-state index is 14.0. The van der Waals surface area contributed by atoms with E-state index in [0.29, 0.717) is 16.9 Å². The Morgan fingerprint density at radius 2 is 2.10 bits per heavy atom. The molecule has 4 nitrogen and oxygen atoms in total. The van der Waals surface area contributed by atoms with Crippen LogP contribution >= 0.6 is 11.3 Å². The molecular formula is C15H11FN2O2S. The molecular weight excluding hydrogens is 291 g/mol. The molecule has 2 heterocycles. The first-order valence-corrected chi connectivity index (χ1v) is 7.12. The summed E-state index contributed by atoms with van der Waals surface area (Å²) in [5, 5.41) is 15.1. The van der Waals surface area contributed by atoms with Crippen LogP contribution in [0.2, 0.25) is 0 Å². The monoisotopic (exact) mass is 302 g/mol. The molecule has 2 aromatic heterocycles. The maximum Gasteiger partial charge on any atom is 0.307 e. The van der Waals surface area contributed by atoms with Gasteiger partial charge in [-0.15, -0.1) is 11.3 Å². The Morgan fingerprint density at radius 3 is 2.76 bits per heavy atom. The van der Waals surface area contributed by atoms with Crippen molar-refractivity contribution in [3.63, 3.8) is 0 Å². The van der Waals surface area contributed by atoms with Gasteiger partial charge in [0.2, 0.25) is 0 Å². The molecule has 0 aliphatic carbocycles. The average Bonchev–Trinajstić information content (AvgIpc) is 3.07. The van der Waals surface area contributed by atoms with Crippen LogP contribution in [0.1, 0.15) is 5.56 Å². The lowest BCUT2D eigenvalue weighted by Gasteiger charge is -2.08. The molecule has 3 aromatic rings. The molecule has 0 radical (unpaired) electrons. The fourth-order valence-electron chi connectivity index (χ4n) is 2.16. The van der Waals surface area contributed by atoms with Crippen molar-refractivity contribution >= 4 is 17.3 Å². The number of carboxylic acids is 1. The van der Waals surface area contributed by atoms with Crippen LogP contribution in [-0.2, 0) is 11.2 Å². The van der Waals surface area contributed by atoms with Gasteiger partial charge in [-0.1, -0.05) is 18.2 Å². The molecule has 0 bridgehead atoms. The molecule has 0 aliphatic heterocycles. The number of carbonyl (C=O) groups is 1. The van der Waals surface area contributed by atoms with Crippen LogP contribution in [0, 0.1) is 5.82 Å². The topological polar surface area (TPSA) is 55.1 Å². The first-order valence-electron chi connectivity index (χ1n) is 6.24. The van der Waals surface area contributed by atoms with E-state index in [0.717, 1.165) is 4.88 Å². The van der Waals surface area contributed by atoms with E-state index in [2.05, 4.69) is 5.10 Å². The number of benzene rings is 1. The highest BCUT2D eigenvalue weighted by Gasteiger charge is 2.18. The number of hydrogen-bond donors (Lipinski definition) is 1. The van der Waals surface area contributed by atoms with E-state index < -0.39 is 11.8 Å². The van der Waals surface area contributed by atoms with Crippen molar-refractivity contribution in [1.29, 1.82) is 0 Å². The smallest absolute Gasteiger partial charge is 0.307 e. The first-order chi connectivity index (χ1) is 10.2. The molecule has 3 rings (SSSR count). The molecule has 0 saturated carbocycles. The molecule has 0 atom stereocenters. The number of nitrogens with zero attached hydrogens (tertiary/aromatic N) is 2. The molecule has 0 spiro atoms. The van der Waals surface area contributed by atoms with Gasteiger partial charge in [-0.3, -0.25) is 4.79 Å². The second-order valence-electron chi connectivity index (χ2n) is 4.43. The Hall–Kier alpha value is -2.47. The first kappa shape index (κ1) is 13.5. The molecule has 1 aromatic carbocycles. The van der Waals surface area contributed by atoms with Crippen molar-refractivity contribution in [3.8, 4) is 16.3 Å². The Balaban J connectivity index is 2.20. The van der Waals surface area contributed by atoms with Crippen molar-refractivity contribution in [3.05, 3.63) is 59.4 Å². The van der Waals surface area contributed by atoms with Gasteiger partial charge in [0.1, 0.15) is 11.5 Å². The Labute approximate surface area is 124 Å². The molecule has 106 valence electrons. The van der Waals surface area contributed by atoms with Crippen molar-refractivity contribution in [2.45, 2.75) is 6.42 Å². The SMILES string of the molecule is O=C(O)Cc1cnn(-c2ccccc2F)c1-c1cccs1. The van der Waals surface area contributed by atoms with Gasteiger partial charge in [0.05, 0.1) is 23.2 Å². The van der Waals surface area contributed by atoms with Crippen LogP contribution in [0.4, 0.5) is 4.39 Å². The summed E-state index contributed by atoms with van der Waals surface area (Å²) in [6, 6.07) is 10.0. The summed E-state index contributed by atoms with van der Waals surface area (Å²) in [5.74, 6) is -1.35. The van der Waals surface area contributed by atoms with Crippen LogP contribution in [0.5, 0.6) is 0 Å². The highest BCUT2D eigenvalue weighted by molar-refractivity contribution is 7.13. The molecule has 0 aliphatic rings. The number of thiophene rings is 1. The van der Waals surface area contributed by atoms with Crippen LogP contribution < -0.4 is 0 Å². The van der Waals surface area contributed by atoms with Gasteiger partial charge in [-0.25, -0.2) is 9.07 Å². The summed E-state index contributed by atoms with van der Waals surface area (Å²) >= 11 is 1.46. The van der Waals surface area contributed by atoms with Gasteiger partial charge in [0.15, 0.2) is 0 Å². The number of aliphatic carboxylic acids is 1. The lowest BCUT2D eigenvalue weighted by molar-refractivity contribution is -0.136. The zero-order valence-corrected chi connectivity index (χ0v) is 11.7.